The summed E-state index contributed by atoms with van der Waals surface area (Å²) in [5, 5.41) is 2.95. The molecule has 10 nitrogen and oxygen atoms in total. The van der Waals surface area contributed by atoms with Gasteiger partial charge in [0.05, 0.1) is 23.5 Å². The van der Waals surface area contributed by atoms with Gasteiger partial charge in [0.25, 0.3) is 5.91 Å². The molecule has 2 heterocycles. The molecule has 0 unspecified atom stereocenters. The highest BCUT2D eigenvalue weighted by molar-refractivity contribution is 7.92. The van der Waals surface area contributed by atoms with E-state index in [2.05, 4.69) is 15.0 Å². The second-order valence-corrected chi connectivity index (χ2v) is 11.7. The van der Waals surface area contributed by atoms with Crippen molar-refractivity contribution >= 4 is 42.9 Å². The largest absolute Gasteiger partial charge is 0.437 e. The van der Waals surface area contributed by atoms with Crippen molar-refractivity contribution in [3.8, 4) is 11.3 Å². The second-order valence-electron chi connectivity index (χ2n) is 7.92. The van der Waals surface area contributed by atoms with Crippen LogP contribution in [0.25, 0.3) is 22.4 Å². The molecule has 1 amide bonds. The molecule has 0 atom stereocenters. The molecule has 0 bridgehead atoms. The highest BCUT2D eigenvalue weighted by atomic mass is 32.2. The van der Waals surface area contributed by atoms with E-state index in [1.165, 1.54) is 31.3 Å². The summed E-state index contributed by atoms with van der Waals surface area (Å²) in [4.78, 5) is 17.2. The van der Waals surface area contributed by atoms with E-state index < -0.39 is 31.8 Å². The number of benzene rings is 1. The number of amides is 1. The summed E-state index contributed by atoms with van der Waals surface area (Å²) >= 11 is 0. The van der Waals surface area contributed by atoms with Gasteiger partial charge in [0.15, 0.2) is 0 Å². The zero-order valence-electron chi connectivity index (χ0n) is 19.8. The lowest BCUT2D eigenvalue weighted by atomic mass is 10.0. The van der Waals surface area contributed by atoms with Crippen molar-refractivity contribution in [3.63, 3.8) is 0 Å². The number of fused-ring (bicyclic) bond motifs is 1. The van der Waals surface area contributed by atoms with Crippen LogP contribution >= 0.6 is 0 Å². The van der Waals surface area contributed by atoms with Gasteiger partial charge in [-0.25, -0.2) is 25.9 Å². The Morgan fingerprint density at radius 1 is 1.14 bits per heavy atom. The van der Waals surface area contributed by atoms with Gasteiger partial charge in [-0.05, 0) is 48.7 Å². The van der Waals surface area contributed by atoms with Crippen LogP contribution in [0.15, 0.2) is 34.7 Å². The van der Waals surface area contributed by atoms with Crippen molar-refractivity contribution in [1.82, 2.24) is 15.0 Å². The molecule has 3 aromatic rings. The zero-order valence-corrected chi connectivity index (χ0v) is 21.4. The third-order valence-electron chi connectivity index (χ3n) is 5.22. The topological polar surface area (TPSA) is 139 Å². The van der Waals surface area contributed by atoms with E-state index in [0.717, 1.165) is 16.8 Å². The molecular weight excluding hydrogens is 499 g/mol. The molecule has 13 heteroatoms. The Bertz CT molecular complexity index is 1450. The molecule has 0 aliphatic carbocycles. The van der Waals surface area contributed by atoms with Gasteiger partial charge in [0.1, 0.15) is 17.4 Å². The fraction of sp³-hybridized carbons (Fsp3) is 0.364. The van der Waals surface area contributed by atoms with Crippen molar-refractivity contribution in [2.75, 3.05) is 37.0 Å². The van der Waals surface area contributed by atoms with E-state index in [9.17, 15) is 26.0 Å². The maximum absolute atomic E-state index is 13.5. The standard InChI is InChI=1S/C22H27FN4O6S2/c1-5-14-13-17-18(21(28)24-2)19(15-7-9-16(23)10-8-15)33-22(17)26-20(14)27(35(4,31)32)12-6-11-25-34(3,29)30/h7-10,13,25H,5-6,11-12H2,1-4H3,(H,24,28). The molecule has 3 rings (SSSR count). The highest BCUT2D eigenvalue weighted by Gasteiger charge is 2.27. The van der Waals surface area contributed by atoms with Crippen molar-refractivity contribution in [2.24, 2.45) is 0 Å². The predicted molar refractivity (Wildman–Crippen MR) is 132 cm³/mol. The van der Waals surface area contributed by atoms with Gasteiger partial charge >= 0.3 is 0 Å². The molecular formula is C22H27FN4O6S2. The molecule has 0 spiro atoms. The second kappa shape index (κ2) is 10.3. The molecule has 0 aliphatic heterocycles. The number of furan rings is 1. The van der Waals surface area contributed by atoms with Crippen LogP contribution in [0.1, 0.15) is 29.3 Å². The van der Waals surface area contributed by atoms with Gasteiger partial charge in [0.2, 0.25) is 25.8 Å². The van der Waals surface area contributed by atoms with Crippen LogP contribution in [0.4, 0.5) is 10.2 Å². The third-order valence-corrected chi connectivity index (χ3v) is 7.10. The van der Waals surface area contributed by atoms with Crippen LogP contribution in [0, 0.1) is 5.82 Å². The average Bonchev–Trinajstić information content (AvgIpc) is 3.14. The number of aromatic nitrogens is 1. The summed E-state index contributed by atoms with van der Waals surface area (Å²) in [5.74, 6) is -0.584. The Morgan fingerprint density at radius 2 is 1.80 bits per heavy atom. The first-order valence-electron chi connectivity index (χ1n) is 10.7. The number of anilines is 1. The minimum atomic E-state index is -3.79. The molecule has 2 aromatic heterocycles. The number of carbonyl (C=O) groups excluding carboxylic acids is 1. The summed E-state index contributed by atoms with van der Waals surface area (Å²) in [5.41, 5.74) is 1.24. The predicted octanol–water partition coefficient (Wildman–Crippen LogP) is 2.26. The lowest BCUT2D eigenvalue weighted by molar-refractivity contribution is 0.0964. The van der Waals surface area contributed by atoms with Crippen molar-refractivity contribution < 1.29 is 30.4 Å². The van der Waals surface area contributed by atoms with Crippen LogP contribution in [0.5, 0.6) is 0 Å². The number of nitrogens with zero attached hydrogens (tertiary/aromatic N) is 2. The monoisotopic (exact) mass is 526 g/mol. The molecule has 0 aliphatic rings. The quantitative estimate of drug-likeness (QED) is 0.386. The lowest BCUT2D eigenvalue weighted by Crippen LogP contribution is -2.34. The number of hydrogen-bond donors (Lipinski definition) is 2. The van der Waals surface area contributed by atoms with E-state index in [4.69, 9.17) is 4.42 Å². The Hall–Kier alpha value is -3.03. The van der Waals surface area contributed by atoms with Gasteiger partial charge in [-0.2, -0.15) is 4.98 Å². The number of halogens is 1. The molecule has 0 radical (unpaired) electrons. The molecule has 0 saturated heterocycles. The van der Waals surface area contributed by atoms with E-state index in [0.29, 0.717) is 22.9 Å². The number of hydrogen-bond acceptors (Lipinski definition) is 7. The first-order valence-corrected chi connectivity index (χ1v) is 14.5. The molecule has 2 N–H and O–H groups in total. The summed E-state index contributed by atoms with van der Waals surface area (Å²) in [6, 6.07) is 7.08. The first-order chi connectivity index (χ1) is 16.4. The average molecular weight is 527 g/mol. The minimum absolute atomic E-state index is 0.0271. The summed E-state index contributed by atoms with van der Waals surface area (Å²) in [6.07, 6.45) is 2.65. The molecule has 1 aromatic carbocycles. The van der Waals surface area contributed by atoms with Crippen molar-refractivity contribution in [1.29, 1.82) is 0 Å². The SMILES string of the molecule is CCc1cc2c(C(=O)NC)c(-c3ccc(F)cc3)oc2nc1N(CCCNS(C)(=O)=O)S(C)(=O)=O. The summed E-state index contributed by atoms with van der Waals surface area (Å²) in [6.45, 7) is 1.84. The van der Waals surface area contributed by atoms with E-state index in [1.54, 1.807) is 6.07 Å². The number of nitrogens with one attached hydrogen (secondary N) is 2. The molecule has 0 saturated carbocycles. The van der Waals surface area contributed by atoms with Crippen molar-refractivity contribution in [2.45, 2.75) is 19.8 Å². The van der Waals surface area contributed by atoms with Crippen LogP contribution in [-0.2, 0) is 26.5 Å². The number of rotatable bonds is 10. The summed E-state index contributed by atoms with van der Waals surface area (Å²) < 4.78 is 70.7. The normalized spacial score (nSPS) is 12.1. The molecule has 35 heavy (non-hydrogen) atoms. The van der Waals surface area contributed by atoms with Crippen LogP contribution in [-0.4, -0.2) is 60.4 Å². The number of aryl methyl sites for hydroxylation is 1. The van der Waals surface area contributed by atoms with Gasteiger partial charge in [-0.3, -0.25) is 9.10 Å². The lowest BCUT2D eigenvalue weighted by Gasteiger charge is -2.23. The number of carbonyl (C=O) groups is 1. The van der Waals surface area contributed by atoms with Gasteiger partial charge < -0.3 is 9.73 Å². The maximum Gasteiger partial charge on any atom is 0.255 e. The first kappa shape index (κ1) is 26.6. The Morgan fingerprint density at radius 3 is 2.34 bits per heavy atom. The third kappa shape index (κ3) is 6.16. The minimum Gasteiger partial charge on any atom is -0.437 e. The van der Waals surface area contributed by atoms with E-state index in [1.807, 2.05) is 6.92 Å². The highest BCUT2D eigenvalue weighted by Crippen LogP contribution is 2.36. The van der Waals surface area contributed by atoms with E-state index in [-0.39, 0.29) is 42.4 Å². The number of pyridine rings is 1. The van der Waals surface area contributed by atoms with Gasteiger partial charge in [0, 0.05) is 25.7 Å². The molecule has 190 valence electrons. The fourth-order valence-electron chi connectivity index (χ4n) is 3.60. The smallest absolute Gasteiger partial charge is 0.255 e. The Balaban J connectivity index is 2.15. The Kier molecular flexibility index (Phi) is 7.82. The number of sulfonamides is 2. The maximum atomic E-state index is 13.5. The fourth-order valence-corrected chi connectivity index (χ4v) is 5.04. The zero-order chi connectivity index (χ0) is 26.0. The van der Waals surface area contributed by atoms with Crippen LogP contribution in [0.3, 0.4) is 0 Å². The summed E-state index contributed by atoms with van der Waals surface area (Å²) in [7, 11) is -5.73. The van der Waals surface area contributed by atoms with Gasteiger partial charge in [-0.15, -0.1) is 0 Å². The Labute approximate surface area is 203 Å². The van der Waals surface area contributed by atoms with E-state index >= 15 is 0 Å². The van der Waals surface area contributed by atoms with Crippen LogP contribution in [0.2, 0.25) is 0 Å². The van der Waals surface area contributed by atoms with Crippen molar-refractivity contribution in [3.05, 3.63) is 47.3 Å². The van der Waals surface area contributed by atoms with Crippen LogP contribution < -0.4 is 14.3 Å². The van der Waals surface area contributed by atoms with Gasteiger partial charge in [-0.1, -0.05) is 6.92 Å². The molecule has 0 fully saturated rings.